The van der Waals surface area contributed by atoms with Crippen molar-refractivity contribution in [3.05, 3.63) is 23.4 Å². The SMILES string of the molecule is CC1(C)OB(C2=C[N+](C(=O)O)(C(C)(C)C)C(C(=O)O)=C2)OC1(C)C. The third kappa shape index (κ3) is 2.49. The number of carboxylic acid groups (broad SMARTS) is 2. The van der Waals surface area contributed by atoms with Gasteiger partial charge in [0.05, 0.1) is 11.2 Å². The molecule has 0 aromatic rings. The maximum Gasteiger partial charge on any atom is 0.524 e. The van der Waals surface area contributed by atoms with E-state index in [1.54, 1.807) is 20.8 Å². The van der Waals surface area contributed by atoms with E-state index in [1.807, 2.05) is 27.7 Å². The minimum Gasteiger partial charge on any atom is -0.474 e. The van der Waals surface area contributed by atoms with E-state index in [4.69, 9.17) is 9.31 Å². The van der Waals surface area contributed by atoms with Gasteiger partial charge in [0.15, 0.2) is 0 Å². The Hall–Kier alpha value is -1.64. The molecule has 2 heterocycles. The van der Waals surface area contributed by atoms with E-state index < -0.39 is 40.4 Å². The highest BCUT2D eigenvalue weighted by Crippen LogP contribution is 2.44. The Morgan fingerprint density at radius 2 is 1.54 bits per heavy atom. The summed E-state index contributed by atoms with van der Waals surface area (Å²) in [4.78, 5) is 23.8. The zero-order valence-corrected chi connectivity index (χ0v) is 15.2. The first-order valence-electron chi connectivity index (χ1n) is 7.82. The number of carbonyl (C=O) groups is 2. The molecule has 0 aromatic carbocycles. The number of hydrogen-bond acceptors (Lipinski definition) is 4. The molecule has 0 saturated carbocycles. The fourth-order valence-corrected chi connectivity index (χ4v) is 2.91. The molecule has 7 nitrogen and oxygen atoms in total. The normalized spacial score (nSPS) is 28.5. The van der Waals surface area contributed by atoms with E-state index in [0.29, 0.717) is 5.47 Å². The number of hydrogen-bond donors (Lipinski definition) is 2. The van der Waals surface area contributed by atoms with Gasteiger partial charge >= 0.3 is 19.2 Å². The van der Waals surface area contributed by atoms with Crippen LogP contribution >= 0.6 is 0 Å². The molecule has 8 heteroatoms. The number of nitrogens with zero attached hydrogens (tertiary/aromatic N) is 1. The van der Waals surface area contributed by atoms with Crippen LogP contribution in [0.15, 0.2) is 23.4 Å². The first-order valence-corrected chi connectivity index (χ1v) is 7.82. The molecular weight excluding hydrogens is 313 g/mol. The van der Waals surface area contributed by atoms with Crippen LogP contribution < -0.4 is 0 Å². The van der Waals surface area contributed by atoms with Crippen molar-refractivity contribution < 1.29 is 33.6 Å². The van der Waals surface area contributed by atoms with Gasteiger partial charge in [-0.05, 0) is 48.5 Å². The third-order valence-electron chi connectivity index (χ3n) is 5.13. The van der Waals surface area contributed by atoms with Crippen molar-refractivity contribution >= 4 is 19.2 Å². The van der Waals surface area contributed by atoms with Crippen molar-refractivity contribution in [2.45, 2.75) is 65.2 Å². The van der Waals surface area contributed by atoms with Crippen LogP contribution in [0.3, 0.4) is 0 Å². The van der Waals surface area contributed by atoms with Gasteiger partial charge in [0.2, 0.25) is 5.70 Å². The second kappa shape index (κ2) is 5.18. The van der Waals surface area contributed by atoms with Gasteiger partial charge in [-0.3, -0.25) is 0 Å². The summed E-state index contributed by atoms with van der Waals surface area (Å²) < 4.78 is 11.0. The average Bonchev–Trinajstić information content (AvgIpc) is 2.86. The highest BCUT2D eigenvalue weighted by molar-refractivity contribution is 6.55. The summed E-state index contributed by atoms with van der Waals surface area (Å²) in [7, 11) is -0.814. The van der Waals surface area contributed by atoms with Crippen LogP contribution in [0.1, 0.15) is 48.5 Å². The van der Waals surface area contributed by atoms with E-state index in [2.05, 4.69) is 0 Å². The Labute approximate surface area is 142 Å². The van der Waals surface area contributed by atoms with Crippen LogP contribution in [0.5, 0.6) is 0 Å². The third-order valence-corrected chi connectivity index (χ3v) is 5.13. The smallest absolute Gasteiger partial charge is 0.474 e. The first kappa shape index (κ1) is 18.7. The van der Waals surface area contributed by atoms with Crippen molar-refractivity contribution in [3.63, 3.8) is 0 Å². The van der Waals surface area contributed by atoms with E-state index in [0.717, 1.165) is 0 Å². The second-order valence-electron chi connectivity index (χ2n) is 8.23. The predicted octanol–water partition coefficient (Wildman–Crippen LogP) is 2.78. The van der Waals surface area contributed by atoms with Gasteiger partial charge in [-0.25, -0.2) is 4.79 Å². The maximum atomic E-state index is 12.0. The number of carboxylic acids is 1. The largest absolute Gasteiger partial charge is 0.524 e. The fourth-order valence-electron chi connectivity index (χ4n) is 2.91. The summed E-state index contributed by atoms with van der Waals surface area (Å²) in [6.07, 6.45) is 1.50. The molecule has 1 amide bonds. The van der Waals surface area contributed by atoms with Crippen molar-refractivity contribution in [3.8, 4) is 0 Å². The molecule has 0 radical (unpaired) electrons. The molecule has 0 aromatic heterocycles. The molecule has 1 fully saturated rings. The molecule has 1 atom stereocenters. The Morgan fingerprint density at radius 3 is 1.83 bits per heavy atom. The number of allylic oxidation sites excluding steroid dienone is 2. The molecule has 0 spiro atoms. The minimum absolute atomic E-state index is 0.236. The van der Waals surface area contributed by atoms with Crippen LogP contribution in [-0.2, 0) is 14.1 Å². The van der Waals surface area contributed by atoms with Crippen LogP contribution in [0.25, 0.3) is 0 Å². The Bertz CT molecular complexity index is 642. The second-order valence-corrected chi connectivity index (χ2v) is 8.23. The van der Waals surface area contributed by atoms with Crippen molar-refractivity contribution in [1.29, 1.82) is 0 Å². The maximum absolute atomic E-state index is 12.0. The summed E-state index contributed by atoms with van der Waals surface area (Å²) in [5.74, 6) is -1.28. The Kier molecular flexibility index (Phi) is 4.03. The summed E-state index contributed by atoms with van der Waals surface area (Å²) in [6.45, 7) is 12.6. The van der Waals surface area contributed by atoms with E-state index in [1.165, 1.54) is 12.3 Å². The van der Waals surface area contributed by atoms with E-state index >= 15 is 0 Å². The van der Waals surface area contributed by atoms with Gasteiger partial charge in [-0.15, -0.1) is 0 Å². The zero-order chi connectivity index (χ0) is 18.7. The topological polar surface area (TPSA) is 93.1 Å². The lowest BCUT2D eigenvalue weighted by molar-refractivity contribution is -0.812. The molecule has 2 N–H and O–H groups in total. The number of aliphatic carboxylic acids is 1. The van der Waals surface area contributed by atoms with Crippen LogP contribution in [0, 0.1) is 0 Å². The van der Waals surface area contributed by atoms with Gasteiger partial charge in [0.25, 0.3) is 0 Å². The van der Waals surface area contributed by atoms with Crippen LogP contribution in [0.2, 0.25) is 0 Å². The molecule has 24 heavy (non-hydrogen) atoms. The molecule has 0 bridgehead atoms. The first-order chi connectivity index (χ1) is 10.7. The van der Waals surface area contributed by atoms with Gasteiger partial charge in [0.1, 0.15) is 11.7 Å². The molecule has 2 aliphatic heterocycles. The summed E-state index contributed by atoms with van der Waals surface area (Å²) in [5, 5.41) is 19.4. The van der Waals surface area contributed by atoms with Crippen LogP contribution in [0.4, 0.5) is 4.79 Å². The van der Waals surface area contributed by atoms with Crippen molar-refractivity contribution in [2.24, 2.45) is 0 Å². The molecular formula is C16H25BNO6+. The van der Waals surface area contributed by atoms with Crippen molar-refractivity contribution in [2.75, 3.05) is 0 Å². The lowest BCUT2D eigenvalue weighted by Gasteiger charge is -2.38. The highest BCUT2D eigenvalue weighted by atomic mass is 16.7. The fraction of sp³-hybridized carbons (Fsp3) is 0.625. The Morgan fingerprint density at radius 1 is 1.08 bits per heavy atom. The lowest BCUT2D eigenvalue weighted by Crippen LogP contribution is -2.59. The minimum atomic E-state index is -1.28. The Balaban J connectivity index is 2.56. The standard InChI is InChI=1S/C16H24BNO6/c1-14(2,3)18(13(21)22)9-10(8-11(18)12(19)20)17-23-15(4,5)16(6,7)24-17/h8-9H,1-7H3,(H-,19,20,21,22)/p+1. The molecule has 132 valence electrons. The molecule has 1 unspecified atom stereocenters. The molecule has 0 aliphatic carbocycles. The number of quaternary nitrogens is 1. The summed E-state index contributed by atoms with van der Waals surface area (Å²) in [5.41, 5.74) is -1.93. The van der Waals surface area contributed by atoms with E-state index in [9.17, 15) is 19.8 Å². The molecule has 2 aliphatic rings. The molecule has 2 rings (SSSR count). The van der Waals surface area contributed by atoms with Gasteiger partial charge < -0.3 is 19.5 Å². The zero-order valence-electron chi connectivity index (χ0n) is 15.2. The van der Waals surface area contributed by atoms with E-state index in [-0.39, 0.29) is 5.70 Å². The van der Waals surface area contributed by atoms with Gasteiger partial charge in [-0.2, -0.15) is 9.28 Å². The van der Waals surface area contributed by atoms with Crippen LogP contribution in [-0.4, -0.2) is 50.6 Å². The number of rotatable bonds is 2. The summed E-state index contributed by atoms with van der Waals surface area (Å²) >= 11 is 0. The summed E-state index contributed by atoms with van der Waals surface area (Å²) in [6, 6.07) is 0. The van der Waals surface area contributed by atoms with Gasteiger partial charge in [0, 0.05) is 11.5 Å². The monoisotopic (exact) mass is 338 g/mol. The van der Waals surface area contributed by atoms with Crippen molar-refractivity contribution in [1.82, 2.24) is 0 Å². The molecule has 1 saturated heterocycles. The quantitative estimate of drug-likeness (QED) is 0.594. The predicted molar refractivity (Wildman–Crippen MR) is 87.9 cm³/mol. The highest BCUT2D eigenvalue weighted by Gasteiger charge is 2.60. The lowest BCUT2D eigenvalue weighted by atomic mass is 9.79. The number of amides is 1. The van der Waals surface area contributed by atoms with Gasteiger partial charge in [-0.1, -0.05) is 0 Å². The average molecular weight is 338 g/mol.